The van der Waals surface area contributed by atoms with E-state index in [0.717, 1.165) is 15.6 Å². The normalized spacial score (nSPS) is 12.8. The first kappa shape index (κ1) is 14.1. The highest BCUT2D eigenvalue weighted by Crippen LogP contribution is 2.30. The molecule has 0 aliphatic rings. The van der Waals surface area contributed by atoms with Crippen LogP contribution >= 0.6 is 15.9 Å². The van der Waals surface area contributed by atoms with Crippen molar-refractivity contribution in [1.29, 1.82) is 0 Å². The Morgan fingerprint density at radius 3 is 2.76 bits per heavy atom. The molecule has 4 nitrogen and oxygen atoms in total. The minimum absolute atomic E-state index is 0.409. The summed E-state index contributed by atoms with van der Waals surface area (Å²) in [4.78, 5) is 11.5. The number of aliphatic hydroxyl groups is 1. The summed E-state index contributed by atoms with van der Waals surface area (Å²) >= 11 is 3.46. The van der Waals surface area contributed by atoms with Crippen molar-refractivity contribution >= 4 is 27.0 Å². The Kier molecular flexibility index (Phi) is 3.47. The molecule has 2 aromatic carbocycles. The predicted octanol–water partition coefficient (Wildman–Crippen LogP) is 3.28. The number of benzene rings is 2. The molecule has 108 valence electrons. The van der Waals surface area contributed by atoms with Crippen LogP contribution < -0.4 is 5.76 Å². The number of fused-ring (bicyclic) bond motifs is 1. The Labute approximate surface area is 129 Å². The minimum Gasteiger partial charge on any atom is -0.408 e. The second-order valence-electron chi connectivity index (χ2n) is 5.08. The summed E-state index contributed by atoms with van der Waals surface area (Å²) in [5.41, 5.74) is 3.72. The molecule has 0 aliphatic carbocycles. The maximum atomic E-state index is 11.5. The van der Waals surface area contributed by atoms with E-state index < -0.39 is 11.9 Å². The fourth-order valence-electron chi connectivity index (χ4n) is 2.37. The van der Waals surface area contributed by atoms with Crippen molar-refractivity contribution in [2.24, 2.45) is 7.05 Å². The zero-order valence-corrected chi connectivity index (χ0v) is 13.2. The molecule has 1 heterocycles. The molecule has 21 heavy (non-hydrogen) atoms. The van der Waals surface area contributed by atoms with E-state index in [1.165, 1.54) is 4.57 Å². The average molecular weight is 348 g/mol. The highest BCUT2D eigenvalue weighted by molar-refractivity contribution is 9.10. The van der Waals surface area contributed by atoms with Gasteiger partial charge >= 0.3 is 5.76 Å². The lowest BCUT2D eigenvalue weighted by atomic mass is 10.00. The van der Waals surface area contributed by atoms with E-state index in [9.17, 15) is 9.90 Å². The summed E-state index contributed by atoms with van der Waals surface area (Å²) in [6, 6.07) is 11.1. The van der Waals surface area contributed by atoms with Crippen molar-refractivity contribution in [3.05, 3.63) is 68.1 Å². The molecule has 0 bridgehead atoms. The van der Waals surface area contributed by atoms with Crippen LogP contribution in [0.4, 0.5) is 0 Å². The number of aryl methyl sites for hydroxylation is 2. The SMILES string of the molecule is Cc1ccc(Br)c(C(O)c2ccc3c(c2)oc(=O)n3C)c1. The van der Waals surface area contributed by atoms with E-state index in [0.29, 0.717) is 16.7 Å². The third kappa shape index (κ3) is 2.43. The molecule has 3 aromatic rings. The Hall–Kier alpha value is -1.85. The molecule has 5 heteroatoms. The Bertz CT molecular complexity index is 879. The van der Waals surface area contributed by atoms with E-state index in [2.05, 4.69) is 15.9 Å². The third-order valence-corrected chi connectivity index (χ3v) is 4.30. The van der Waals surface area contributed by atoms with Gasteiger partial charge in [0.15, 0.2) is 5.58 Å². The van der Waals surface area contributed by atoms with Crippen LogP contribution in [0, 0.1) is 6.92 Å². The highest BCUT2D eigenvalue weighted by Gasteiger charge is 2.16. The van der Waals surface area contributed by atoms with Gasteiger partial charge in [-0.05, 0) is 36.2 Å². The monoisotopic (exact) mass is 347 g/mol. The summed E-state index contributed by atoms with van der Waals surface area (Å²) in [5.74, 6) is -0.409. The molecule has 0 radical (unpaired) electrons. The van der Waals surface area contributed by atoms with E-state index in [4.69, 9.17) is 4.42 Å². The fourth-order valence-corrected chi connectivity index (χ4v) is 2.84. The number of rotatable bonds is 2. The molecular formula is C16H14BrNO3. The summed E-state index contributed by atoms with van der Waals surface area (Å²) in [6.45, 7) is 1.97. The maximum Gasteiger partial charge on any atom is 0.419 e. The van der Waals surface area contributed by atoms with Gasteiger partial charge in [-0.3, -0.25) is 4.57 Å². The number of hydrogen-bond acceptors (Lipinski definition) is 3. The second-order valence-corrected chi connectivity index (χ2v) is 5.94. The van der Waals surface area contributed by atoms with Gasteiger partial charge in [-0.25, -0.2) is 4.79 Å². The molecular weight excluding hydrogens is 334 g/mol. The van der Waals surface area contributed by atoms with Gasteiger partial charge in [-0.1, -0.05) is 39.7 Å². The van der Waals surface area contributed by atoms with E-state index >= 15 is 0 Å². The highest BCUT2D eigenvalue weighted by atomic mass is 79.9. The van der Waals surface area contributed by atoms with Gasteiger partial charge in [-0.15, -0.1) is 0 Å². The van der Waals surface area contributed by atoms with Crippen molar-refractivity contribution < 1.29 is 9.52 Å². The lowest BCUT2D eigenvalue weighted by Crippen LogP contribution is -2.08. The topological polar surface area (TPSA) is 55.4 Å². The Morgan fingerprint density at radius 1 is 1.24 bits per heavy atom. The summed E-state index contributed by atoms with van der Waals surface area (Å²) in [5, 5.41) is 10.6. The molecule has 0 amide bonds. The first-order valence-electron chi connectivity index (χ1n) is 6.51. The first-order valence-corrected chi connectivity index (χ1v) is 7.30. The average Bonchev–Trinajstić information content (AvgIpc) is 2.75. The van der Waals surface area contributed by atoms with Gasteiger partial charge in [-0.2, -0.15) is 0 Å². The molecule has 0 saturated carbocycles. The van der Waals surface area contributed by atoms with E-state index in [1.807, 2.05) is 25.1 Å². The quantitative estimate of drug-likeness (QED) is 0.773. The van der Waals surface area contributed by atoms with Gasteiger partial charge < -0.3 is 9.52 Å². The van der Waals surface area contributed by atoms with Crippen molar-refractivity contribution in [1.82, 2.24) is 4.57 Å². The standard InChI is InChI=1S/C16H14BrNO3/c1-9-3-5-12(17)11(7-9)15(19)10-4-6-13-14(8-10)21-16(20)18(13)2/h3-8,15,19H,1-2H3. The van der Waals surface area contributed by atoms with Crippen LogP contribution in [-0.2, 0) is 7.05 Å². The molecule has 1 atom stereocenters. The first-order chi connectivity index (χ1) is 9.97. The van der Waals surface area contributed by atoms with Gasteiger partial charge in [0.25, 0.3) is 0 Å². The van der Waals surface area contributed by atoms with Crippen LogP contribution in [-0.4, -0.2) is 9.67 Å². The van der Waals surface area contributed by atoms with Gasteiger partial charge in [0.05, 0.1) is 5.52 Å². The van der Waals surface area contributed by atoms with Crippen LogP contribution in [0.2, 0.25) is 0 Å². The molecule has 0 aliphatic heterocycles. The van der Waals surface area contributed by atoms with Crippen LogP contribution in [0.15, 0.2) is 50.1 Å². The molecule has 0 fully saturated rings. The van der Waals surface area contributed by atoms with Gasteiger partial charge in [0.2, 0.25) is 0 Å². The van der Waals surface area contributed by atoms with Crippen molar-refractivity contribution in [3.63, 3.8) is 0 Å². The zero-order chi connectivity index (χ0) is 15.1. The summed E-state index contributed by atoms with van der Waals surface area (Å²) < 4.78 is 7.45. The molecule has 1 unspecified atom stereocenters. The largest absolute Gasteiger partial charge is 0.419 e. The second kappa shape index (κ2) is 5.16. The van der Waals surface area contributed by atoms with Crippen molar-refractivity contribution in [3.8, 4) is 0 Å². The maximum absolute atomic E-state index is 11.5. The number of halogens is 1. The fraction of sp³-hybridized carbons (Fsp3) is 0.188. The smallest absolute Gasteiger partial charge is 0.408 e. The number of nitrogens with zero attached hydrogens (tertiary/aromatic N) is 1. The predicted molar refractivity (Wildman–Crippen MR) is 84.4 cm³/mol. The molecule has 1 N–H and O–H groups in total. The lowest BCUT2D eigenvalue weighted by molar-refractivity contribution is 0.219. The minimum atomic E-state index is -0.783. The Morgan fingerprint density at radius 2 is 2.00 bits per heavy atom. The van der Waals surface area contributed by atoms with Gasteiger partial charge in [0, 0.05) is 11.5 Å². The van der Waals surface area contributed by atoms with Crippen molar-refractivity contribution in [2.75, 3.05) is 0 Å². The summed E-state index contributed by atoms with van der Waals surface area (Å²) in [7, 11) is 1.65. The van der Waals surface area contributed by atoms with Crippen LogP contribution in [0.5, 0.6) is 0 Å². The number of aromatic nitrogens is 1. The lowest BCUT2D eigenvalue weighted by Gasteiger charge is -2.14. The van der Waals surface area contributed by atoms with Crippen molar-refractivity contribution in [2.45, 2.75) is 13.0 Å². The molecule has 0 saturated heterocycles. The Balaban J connectivity index is 2.11. The number of oxazole rings is 1. The third-order valence-electron chi connectivity index (χ3n) is 3.58. The van der Waals surface area contributed by atoms with E-state index in [1.54, 1.807) is 25.2 Å². The number of aliphatic hydroxyl groups excluding tert-OH is 1. The summed E-state index contributed by atoms with van der Waals surface area (Å²) in [6.07, 6.45) is -0.783. The van der Waals surface area contributed by atoms with E-state index in [-0.39, 0.29) is 0 Å². The molecule has 3 rings (SSSR count). The zero-order valence-electron chi connectivity index (χ0n) is 11.6. The number of hydrogen-bond donors (Lipinski definition) is 1. The van der Waals surface area contributed by atoms with Gasteiger partial charge in [0.1, 0.15) is 6.10 Å². The van der Waals surface area contributed by atoms with Crippen LogP contribution in [0.3, 0.4) is 0 Å². The molecule has 1 aromatic heterocycles. The van der Waals surface area contributed by atoms with Crippen LogP contribution in [0.1, 0.15) is 22.8 Å². The van der Waals surface area contributed by atoms with Crippen LogP contribution in [0.25, 0.3) is 11.1 Å². The molecule has 0 spiro atoms.